The monoisotopic (exact) mass is 448 g/mol. The first-order chi connectivity index (χ1) is 15.9. The Morgan fingerprint density at radius 2 is 1.91 bits per heavy atom. The molecule has 0 fully saturated rings. The Bertz CT molecular complexity index is 1140. The van der Waals surface area contributed by atoms with Crippen LogP contribution in [-0.4, -0.2) is 56.4 Å². The van der Waals surface area contributed by atoms with E-state index in [9.17, 15) is 14.4 Å². The van der Waals surface area contributed by atoms with E-state index in [4.69, 9.17) is 4.74 Å². The molecule has 3 aliphatic heterocycles. The van der Waals surface area contributed by atoms with Crippen LogP contribution < -0.4 is 20.3 Å². The lowest BCUT2D eigenvalue weighted by atomic mass is 9.99. The van der Waals surface area contributed by atoms with Gasteiger partial charge in [-0.2, -0.15) is 0 Å². The van der Waals surface area contributed by atoms with Gasteiger partial charge in [-0.15, -0.1) is 0 Å². The number of ether oxygens (including phenoxy) is 1. The SMILES string of the molecule is CN(C)[C@@H](CNC(=O)C(=O)Nc1cc2c3c(c1)CC(=O)N3CCC2)c1ccc2c(c1)CCO2. The smallest absolute Gasteiger partial charge is 0.313 e. The highest BCUT2D eigenvalue weighted by atomic mass is 16.5. The van der Waals surface area contributed by atoms with Gasteiger partial charge in [-0.25, -0.2) is 0 Å². The first-order valence-electron chi connectivity index (χ1n) is 11.4. The molecule has 0 radical (unpaired) electrons. The summed E-state index contributed by atoms with van der Waals surface area (Å²) in [6, 6.07) is 9.69. The molecule has 33 heavy (non-hydrogen) atoms. The molecule has 3 amide bonds. The lowest BCUT2D eigenvalue weighted by molar-refractivity contribution is -0.136. The van der Waals surface area contributed by atoms with Gasteiger partial charge in [-0.05, 0) is 67.4 Å². The third kappa shape index (κ3) is 4.06. The van der Waals surface area contributed by atoms with Gasteiger partial charge in [-0.3, -0.25) is 14.4 Å². The highest BCUT2D eigenvalue weighted by Gasteiger charge is 2.32. The number of carbonyl (C=O) groups excluding carboxylic acids is 3. The Morgan fingerprint density at radius 3 is 2.73 bits per heavy atom. The molecule has 5 rings (SSSR count). The van der Waals surface area contributed by atoms with Gasteiger partial charge in [0.1, 0.15) is 5.75 Å². The second kappa shape index (κ2) is 8.51. The van der Waals surface area contributed by atoms with Gasteiger partial charge < -0.3 is 25.2 Å². The topological polar surface area (TPSA) is 91.0 Å². The average Bonchev–Trinajstić information content (AvgIpc) is 3.38. The lowest BCUT2D eigenvalue weighted by Gasteiger charge is -2.26. The Morgan fingerprint density at radius 1 is 1.09 bits per heavy atom. The third-order valence-electron chi connectivity index (χ3n) is 6.65. The molecule has 1 atom stereocenters. The van der Waals surface area contributed by atoms with Crippen LogP contribution in [0.15, 0.2) is 30.3 Å². The van der Waals surface area contributed by atoms with Gasteiger partial charge in [0.05, 0.1) is 24.8 Å². The number of aryl methyl sites for hydroxylation is 1. The number of hydrogen-bond donors (Lipinski definition) is 2. The number of nitrogens with zero attached hydrogens (tertiary/aromatic N) is 2. The molecule has 0 saturated carbocycles. The summed E-state index contributed by atoms with van der Waals surface area (Å²) in [6.45, 7) is 1.74. The van der Waals surface area contributed by atoms with Crippen LogP contribution in [0.5, 0.6) is 5.75 Å². The molecule has 0 saturated heterocycles. The number of carbonyl (C=O) groups is 3. The van der Waals surface area contributed by atoms with Crippen LogP contribution in [-0.2, 0) is 33.6 Å². The molecule has 2 aromatic rings. The zero-order valence-electron chi connectivity index (χ0n) is 18.9. The van der Waals surface area contributed by atoms with Crippen molar-refractivity contribution in [1.29, 1.82) is 0 Å². The number of fused-ring (bicyclic) bond motifs is 1. The van der Waals surface area contributed by atoms with Crippen LogP contribution in [0.25, 0.3) is 0 Å². The summed E-state index contributed by atoms with van der Waals surface area (Å²) in [5.41, 5.74) is 5.75. The molecule has 0 unspecified atom stereocenters. The predicted octanol–water partition coefficient (Wildman–Crippen LogP) is 1.81. The molecular formula is C25H28N4O4. The van der Waals surface area contributed by atoms with Gasteiger partial charge in [0.25, 0.3) is 0 Å². The number of rotatable bonds is 5. The van der Waals surface area contributed by atoms with Crippen molar-refractivity contribution >= 4 is 29.1 Å². The maximum atomic E-state index is 12.6. The molecule has 0 aliphatic carbocycles. The summed E-state index contributed by atoms with van der Waals surface area (Å²) in [5.74, 6) is -0.380. The second-order valence-corrected chi connectivity index (χ2v) is 9.08. The lowest BCUT2D eigenvalue weighted by Crippen LogP contribution is -2.40. The van der Waals surface area contributed by atoms with Crippen molar-refractivity contribution in [3.05, 3.63) is 52.6 Å². The summed E-state index contributed by atoms with van der Waals surface area (Å²) < 4.78 is 5.58. The van der Waals surface area contributed by atoms with Crippen LogP contribution in [0.4, 0.5) is 11.4 Å². The van der Waals surface area contributed by atoms with Crippen molar-refractivity contribution in [2.75, 3.05) is 44.0 Å². The van der Waals surface area contributed by atoms with Crippen LogP contribution in [0, 0.1) is 0 Å². The highest BCUT2D eigenvalue weighted by molar-refractivity contribution is 6.39. The first-order valence-corrected chi connectivity index (χ1v) is 11.4. The van der Waals surface area contributed by atoms with E-state index in [-0.39, 0.29) is 11.9 Å². The zero-order chi connectivity index (χ0) is 23.1. The summed E-state index contributed by atoms with van der Waals surface area (Å²) in [6.07, 6.45) is 2.98. The maximum absolute atomic E-state index is 12.6. The van der Waals surface area contributed by atoms with E-state index in [0.29, 0.717) is 25.3 Å². The van der Waals surface area contributed by atoms with Crippen LogP contribution in [0.3, 0.4) is 0 Å². The summed E-state index contributed by atoms with van der Waals surface area (Å²) in [5, 5.41) is 5.49. The van der Waals surface area contributed by atoms with Gasteiger partial charge in [0.2, 0.25) is 5.91 Å². The van der Waals surface area contributed by atoms with E-state index in [1.54, 1.807) is 0 Å². The van der Waals surface area contributed by atoms with E-state index in [2.05, 4.69) is 16.7 Å². The number of likely N-dealkylation sites (N-methyl/N-ethyl adjacent to an activating group) is 1. The fraction of sp³-hybridized carbons (Fsp3) is 0.400. The molecule has 3 aliphatic rings. The fourth-order valence-electron chi connectivity index (χ4n) is 5.02. The van der Waals surface area contributed by atoms with Crippen molar-refractivity contribution < 1.29 is 19.1 Å². The number of hydrogen-bond acceptors (Lipinski definition) is 5. The van der Waals surface area contributed by atoms with Crippen molar-refractivity contribution in [1.82, 2.24) is 10.2 Å². The average molecular weight is 449 g/mol. The van der Waals surface area contributed by atoms with Gasteiger partial charge in [0, 0.05) is 25.2 Å². The van der Waals surface area contributed by atoms with Gasteiger partial charge >= 0.3 is 11.8 Å². The number of nitrogens with one attached hydrogen (secondary N) is 2. The van der Waals surface area contributed by atoms with Crippen LogP contribution >= 0.6 is 0 Å². The molecule has 3 heterocycles. The molecule has 2 aromatic carbocycles. The van der Waals surface area contributed by atoms with Crippen molar-refractivity contribution in [3.8, 4) is 5.75 Å². The summed E-state index contributed by atoms with van der Waals surface area (Å²) in [4.78, 5) is 41.3. The second-order valence-electron chi connectivity index (χ2n) is 9.08. The highest BCUT2D eigenvalue weighted by Crippen LogP contribution is 2.38. The van der Waals surface area contributed by atoms with Gasteiger partial charge in [0.15, 0.2) is 0 Å². The minimum absolute atomic E-state index is 0.0749. The van der Waals surface area contributed by atoms with Crippen LogP contribution in [0.1, 0.15) is 34.7 Å². The summed E-state index contributed by atoms with van der Waals surface area (Å²) in [7, 11) is 3.89. The molecule has 8 nitrogen and oxygen atoms in total. The third-order valence-corrected chi connectivity index (χ3v) is 6.65. The molecule has 8 heteroatoms. The Balaban J connectivity index is 1.24. The van der Waals surface area contributed by atoms with Crippen molar-refractivity contribution in [3.63, 3.8) is 0 Å². The molecule has 2 N–H and O–H groups in total. The Labute approximate surface area is 192 Å². The molecular weight excluding hydrogens is 420 g/mol. The maximum Gasteiger partial charge on any atom is 0.313 e. The van der Waals surface area contributed by atoms with E-state index in [1.807, 2.05) is 48.2 Å². The zero-order valence-corrected chi connectivity index (χ0v) is 18.9. The Kier molecular flexibility index (Phi) is 5.54. The fourth-order valence-corrected chi connectivity index (χ4v) is 5.02. The van der Waals surface area contributed by atoms with E-state index in [0.717, 1.165) is 53.9 Å². The van der Waals surface area contributed by atoms with E-state index in [1.165, 1.54) is 5.56 Å². The predicted molar refractivity (Wildman–Crippen MR) is 125 cm³/mol. The van der Waals surface area contributed by atoms with Gasteiger partial charge in [-0.1, -0.05) is 12.1 Å². The van der Waals surface area contributed by atoms with E-state index < -0.39 is 11.8 Å². The van der Waals surface area contributed by atoms with Crippen molar-refractivity contribution in [2.45, 2.75) is 31.7 Å². The molecule has 0 bridgehead atoms. The molecule has 172 valence electrons. The standard InChI is InChI=1S/C25H28N4O4/c1-28(2)20(15-5-6-21-16(10-15)7-9-33-21)14-26-24(31)25(32)27-19-11-17-4-3-8-29-22(30)13-18(12-19)23(17)29/h5-6,10-12,20H,3-4,7-9,13-14H2,1-2H3,(H,26,31)(H,27,32)/t20-/m0/s1. The number of amides is 3. The first kappa shape index (κ1) is 21.5. The quantitative estimate of drug-likeness (QED) is 0.681. The van der Waals surface area contributed by atoms with Crippen molar-refractivity contribution in [2.24, 2.45) is 0 Å². The Hall–Kier alpha value is -3.39. The van der Waals surface area contributed by atoms with Crippen LogP contribution in [0.2, 0.25) is 0 Å². The molecule has 0 aromatic heterocycles. The molecule has 0 spiro atoms. The minimum Gasteiger partial charge on any atom is -0.493 e. The largest absolute Gasteiger partial charge is 0.493 e. The minimum atomic E-state index is -0.709. The normalized spacial score (nSPS) is 16.8. The number of benzene rings is 2. The van der Waals surface area contributed by atoms with E-state index >= 15 is 0 Å². The number of anilines is 2. The summed E-state index contributed by atoms with van der Waals surface area (Å²) >= 11 is 0.